The highest BCUT2D eigenvalue weighted by Gasteiger charge is 2.16. The van der Waals surface area contributed by atoms with Gasteiger partial charge in [0.15, 0.2) is 5.75 Å². The van der Waals surface area contributed by atoms with Crippen LogP contribution in [0.15, 0.2) is 60.8 Å². The van der Waals surface area contributed by atoms with Crippen molar-refractivity contribution in [1.82, 2.24) is 15.1 Å². The fourth-order valence-corrected chi connectivity index (χ4v) is 2.75. The highest BCUT2D eigenvalue weighted by atomic mass is 16.6. The SMILES string of the molecule is CCCc1c(OC(=O)NCc2ccc([N+](=O)[O-])cc2)cnn1-c1ccccc1. The molecule has 0 aliphatic heterocycles. The van der Waals surface area contributed by atoms with E-state index in [1.54, 1.807) is 16.8 Å². The van der Waals surface area contributed by atoms with Crippen LogP contribution < -0.4 is 10.1 Å². The quantitative estimate of drug-likeness (QED) is 0.493. The van der Waals surface area contributed by atoms with Crippen LogP contribution in [0.4, 0.5) is 10.5 Å². The number of nitro groups is 1. The molecule has 0 fully saturated rings. The van der Waals surface area contributed by atoms with Crippen LogP contribution in [0.3, 0.4) is 0 Å². The number of carbonyl (C=O) groups excluding carboxylic acids is 1. The zero-order chi connectivity index (χ0) is 19.9. The smallest absolute Gasteiger partial charge is 0.407 e. The van der Waals surface area contributed by atoms with Crippen LogP contribution in [-0.4, -0.2) is 20.8 Å². The van der Waals surface area contributed by atoms with Gasteiger partial charge in [-0.3, -0.25) is 10.1 Å². The Bertz CT molecular complexity index is 952. The predicted octanol–water partition coefficient (Wildman–Crippen LogP) is 4.02. The van der Waals surface area contributed by atoms with Crippen LogP contribution in [-0.2, 0) is 13.0 Å². The number of aromatic nitrogens is 2. The number of rotatable bonds is 7. The summed E-state index contributed by atoms with van der Waals surface area (Å²) < 4.78 is 7.21. The van der Waals surface area contributed by atoms with Gasteiger partial charge in [-0.2, -0.15) is 5.10 Å². The van der Waals surface area contributed by atoms with Gasteiger partial charge in [0.2, 0.25) is 0 Å². The molecule has 8 heteroatoms. The maximum Gasteiger partial charge on any atom is 0.412 e. The van der Waals surface area contributed by atoms with Crippen LogP contribution >= 0.6 is 0 Å². The summed E-state index contributed by atoms with van der Waals surface area (Å²) >= 11 is 0. The molecule has 1 amide bonds. The Kier molecular flexibility index (Phi) is 6.01. The van der Waals surface area contributed by atoms with E-state index in [0.717, 1.165) is 23.4 Å². The molecule has 0 atom stereocenters. The standard InChI is InChI=1S/C20H20N4O4/c1-2-6-18-19(14-22-23(18)16-7-4-3-5-8-16)28-20(25)21-13-15-9-11-17(12-10-15)24(26)27/h3-5,7-12,14H,2,6,13H2,1H3,(H,21,25). The molecule has 0 bridgehead atoms. The normalized spacial score (nSPS) is 10.5. The molecule has 0 unspecified atom stereocenters. The highest BCUT2D eigenvalue weighted by Crippen LogP contribution is 2.23. The maximum absolute atomic E-state index is 12.2. The molecule has 1 aromatic heterocycles. The minimum atomic E-state index is -0.608. The summed E-state index contributed by atoms with van der Waals surface area (Å²) in [6, 6.07) is 15.6. The second kappa shape index (κ2) is 8.81. The number of para-hydroxylation sites is 1. The van der Waals surface area contributed by atoms with Crippen LogP contribution in [0.25, 0.3) is 5.69 Å². The highest BCUT2D eigenvalue weighted by molar-refractivity contribution is 5.70. The van der Waals surface area contributed by atoms with E-state index >= 15 is 0 Å². The van der Waals surface area contributed by atoms with Crippen LogP contribution in [0.2, 0.25) is 0 Å². The average Bonchev–Trinajstić information content (AvgIpc) is 3.10. The van der Waals surface area contributed by atoms with Crippen LogP contribution in [0.1, 0.15) is 24.6 Å². The number of amides is 1. The summed E-state index contributed by atoms with van der Waals surface area (Å²) in [6.45, 7) is 2.24. The summed E-state index contributed by atoms with van der Waals surface area (Å²) in [6.07, 6.45) is 2.51. The van der Waals surface area contributed by atoms with Gasteiger partial charge in [0.1, 0.15) is 0 Å². The lowest BCUT2D eigenvalue weighted by Gasteiger charge is -2.10. The van der Waals surface area contributed by atoms with Crippen LogP contribution in [0, 0.1) is 10.1 Å². The molecule has 28 heavy (non-hydrogen) atoms. The topological polar surface area (TPSA) is 99.3 Å². The van der Waals surface area contributed by atoms with Gasteiger partial charge in [0.05, 0.1) is 22.5 Å². The molecule has 8 nitrogen and oxygen atoms in total. The van der Waals surface area contributed by atoms with Crippen molar-refractivity contribution in [2.75, 3.05) is 0 Å². The molecule has 2 aromatic carbocycles. The number of ether oxygens (including phenoxy) is 1. The van der Waals surface area contributed by atoms with Crippen LogP contribution in [0.5, 0.6) is 5.75 Å². The van der Waals surface area contributed by atoms with Crippen molar-refractivity contribution >= 4 is 11.8 Å². The third-order valence-electron chi connectivity index (χ3n) is 4.10. The van der Waals surface area contributed by atoms with E-state index in [9.17, 15) is 14.9 Å². The van der Waals surface area contributed by atoms with Crippen molar-refractivity contribution in [3.63, 3.8) is 0 Å². The van der Waals surface area contributed by atoms with E-state index in [2.05, 4.69) is 10.4 Å². The summed E-state index contributed by atoms with van der Waals surface area (Å²) in [5.41, 5.74) is 2.45. The molecule has 144 valence electrons. The third-order valence-corrected chi connectivity index (χ3v) is 4.10. The summed E-state index contributed by atoms with van der Waals surface area (Å²) in [5.74, 6) is 0.409. The van der Waals surface area contributed by atoms with E-state index < -0.39 is 11.0 Å². The fraction of sp³-hybridized carbons (Fsp3) is 0.200. The van der Waals surface area contributed by atoms with E-state index in [4.69, 9.17) is 4.74 Å². The Morgan fingerprint density at radius 1 is 1.18 bits per heavy atom. The van der Waals surface area contributed by atoms with E-state index in [1.165, 1.54) is 18.3 Å². The van der Waals surface area contributed by atoms with Crippen molar-refractivity contribution in [3.05, 3.63) is 82.2 Å². The lowest BCUT2D eigenvalue weighted by atomic mass is 10.2. The van der Waals surface area contributed by atoms with Gasteiger partial charge in [-0.25, -0.2) is 9.48 Å². The van der Waals surface area contributed by atoms with E-state index in [1.807, 2.05) is 37.3 Å². The molecule has 1 N–H and O–H groups in total. The Morgan fingerprint density at radius 3 is 2.54 bits per heavy atom. The molecule has 0 saturated heterocycles. The molecule has 1 heterocycles. The van der Waals surface area contributed by atoms with Gasteiger partial charge in [0, 0.05) is 18.7 Å². The molecule has 0 aliphatic rings. The van der Waals surface area contributed by atoms with E-state index in [0.29, 0.717) is 12.2 Å². The van der Waals surface area contributed by atoms with Gasteiger partial charge in [-0.1, -0.05) is 43.7 Å². The molecule has 3 rings (SSSR count). The van der Waals surface area contributed by atoms with Gasteiger partial charge >= 0.3 is 6.09 Å². The zero-order valence-corrected chi connectivity index (χ0v) is 15.4. The number of nitrogens with zero attached hydrogens (tertiary/aromatic N) is 3. The second-order valence-corrected chi connectivity index (χ2v) is 6.12. The van der Waals surface area contributed by atoms with Gasteiger partial charge in [-0.15, -0.1) is 0 Å². The van der Waals surface area contributed by atoms with Gasteiger partial charge < -0.3 is 10.1 Å². The molecule has 0 aliphatic carbocycles. The van der Waals surface area contributed by atoms with Crippen molar-refractivity contribution in [2.24, 2.45) is 0 Å². The number of nitro benzene ring substituents is 1. The number of nitrogens with one attached hydrogen (secondary N) is 1. The second-order valence-electron chi connectivity index (χ2n) is 6.12. The molecule has 0 spiro atoms. The molecular weight excluding hydrogens is 360 g/mol. The summed E-state index contributed by atoms with van der Waals surface area (Å²) in [7, 11) is 0. The number of hydrogen-bond donors (Lipinski definition) is 1. The molecular formula is C20H20N4O4. The first-order valence-electron chi connectivity index (χ1n) is 8.90. The van der Waals surface area contributed by atoms with Gasteiger partial charge in [0.25, 0.3) is 5.69 Å². The first-order valence-corrected chi connectivity index (χ1v) is 8.90. The Balaban J connectivity index is 1.66. The summed E-state index contributed by atoms with van der Waals surface area (Å²) in [5, 5.41) is 17.7. The third kappa shape index (κ3) is 4.53. The van der Waals surface area contributed by atoms with E-state index in [-0.39, 0.29) is 12.2 Å². The number of hydrogen-bond acceptors (Lipinski definition) is 5. The maximum atomic E-state index is 12.2. The van der Waals surface area contributed by atoms with Crippen molar-refractivity contribution in [3.8, 4) is 11.4 Å². The Morgan fingerprint density at radius 2 is 1.89 bits per heavy atom. The molecule has 0 radical (unpaired) electrons. The monoisotopic (exact) mass is 380 g/mol. The van der Waals surface area contributed by atoms with Gasteiger partial charge in [-0.05, 0) is 24.1 Å². The lowest BCUT2D eigenvalue weighted by Crippen LogP contribution is -2.26. The predicted molar refractivity (Wildman–Crippen MR) is 104 cm³/mol. The number of non-ortho nitro benzene ring substituents is 1. The van der Waals surface area contributed by atoms with Crippen molar-refractivity contribution in [1.29, 1.82) is 0 Å². The Hall–Kier alpha value is -3.68. The number of carbonyl (C=O) groups is 1. The number of benzene rings is 2. The molecule has 0 saturated carbocycles. The molecule has 3 aromatic rings. The van der Waals surface area contributed by atoms with Crippen molar-refractivity contribution in [2.45, 2.75) is 26.3 Å². The lowest BCUT2D eigenvalue weighted by molar-refractivity contribution is -0.384. The first kappa shape index (κ1) is 19.1. The largest absolute Gasteiger partial charge is 0.412 e. The Labute approximate surface area is 161 Å². The minimum absolute atomic E-state index is 0.00357. The minimum Gasteiger partial charge on any atom is -0.407 e. The summed E-state index contributed by atoms with van der Waals surface area (Å²) in [4.78, 5) is 22.4. The van der Waals surface area contributed by atoms with Crippen molar-refractivity contribution < 1.29 is 14.5 Å². The zero-order valence-electron chi connectivity index (χ0n) is 15.4. The average molecular weight is 380 g/mol. The first-order chi connectivity index (χ1) is 13.6. The fourth-order valence-electron chi connectivity index (χ4n) is 2.75.